The van der Waals surface area contributed by atoms with Crippen molar-refractivity contribution in [1.29, 1.82) is 0 Å². The summed E-state index contributed by atoms with van der Waals surface area (Å²) < 4.78 is 0. The second-order valence-corrected chi connectivity index (χ2v) is 5.08. The average molecular weight is 226 g/mol. The first kappa shape index (κ1) is 10.7. The predicted octanol–water partition coefficient (Wildman–Crippen LogP) is 3.01. The second kappa shape index (κ2) is 4.84. The van der Waals surface area contributed by atoms with E-state index in [0.717, 1.165) is 5.13 Å². The summed E-state index contributed by atoms with van der Waals surface area (Å²) >= 11 is 1.52. The van der Waals surface area contributed by atoms with Crippen molar-refractivity contribution in [2.75, 3.05) is 11.9 Å². The van der Waals surface area contributed by atoms with Gasteiger partial charge in [-0.1, -0.05) is 25.7 Å². The lowest BCUT2D eigenvalue weighted by atomic mass is 10.1. The predicted molar refractivity (Wildman–Crippen MR) is 63.7 cm³/mol. The van der Waals surface area contributed by atoms with Gasteiger partial charge in [-0.2, -0.15) is 4.98 Å². The zero-order valence-electron chi connectivity index (χ0n) is 9.15. The van der Waals surface area contributed by atoms with E-state index in [-0.39, 0.29) is 5.88 Å². The molecule has 4 heteroatoms. The SMILES string of the molecule is CN(c1nc(O)cs1)C1CCCCCC1. The maximum Gasteiger partial charge on any atom is 0.223 e. The van der Waals surface area contributed by atoms with Crippen LogP contribution in [0, 0.1) is 0 Å². The van der Waals surface area contributed by atoms with E-state index in [4.69, 9.17) is 0 Å². The molecule has 0 saturated heterocycles. The topological polar surface area (TPSA) is 36.4 Å². The van der Waals surface area contributed by atoms with Crippen LogP contribution < -0.4 is 4.90 Å². The Morgan fingerprint density at radius 2 is 2.00 bits per heavy atom. The highest BCUT2D eigenvalue weighted by molar-refractivity contribution is 7.13. The molecule has 84 valence electrons. The molecule has 1 aliphatic carbocycles. The summed E-state index contributed by atoms with van der Waals surface area (Å²) in [6, 6.07) is 0.609. The molecule has 0 aromatic carbocycles. The van der Waals surface area contributed by atoms with Crippen LogP contribution in [0.2, 0.25) is 0 Å². The van der Waals surface area contributed by atoms with Crippen LogP contribution in [0.25, 0.3) is 0 Å². The van der Waals surface area contributed by atoms with Crippen LogP contribution in [-0.2, 0) is 0 Å². The molecule has 1 saturated carbocycles. The standard InChI is InChI=1S/C11H18N2OS/c1-13(11-12-10(14)8-15-11)9-6-4-2-3-5-7-9/h8-9,14H,2-7H2,1H3. The Kier molecular flexibility index (Phi) is 3.46. The van der Waals surface area contributed by atoms with Gasteiger partial charge in [0.15, 0.2) is 5.13 Å². The molecule has 0 aliphatic heterocycles. The van der Waals surface area contributed by atoms with E-state index in [9.17, 15) is 5.11 Å². The van der Waals surface area contributed by atoms with Crippen LogP contribution in [0.4, 0.5) is 5.13 Å². The van der Waals surface area contributed by atoms with E-state index in [1.807, 2.05) is 0 Å². The largest absolute Gasteiger partial charge is 0.493 e. The minimum atomic E-state index is 0.149. The van der Waals surface area contributed by atoms with Crippen LogP contribution >= 0.6 is 11.3 Å². The number of hydrogen-bond acceptors (Lipinski definition) is 4. The highest BCUT2D eigenvalue weighted by Gasteiger charge is 2.19. The van der Waals surface area contributed by atoms with Crippen molar-refractivity contribution in [2.45, 2.75) is 44.6 Å². The third-order valence-corrected chi connectivity index (χ3v) is 4.07. The summed E-state index contributed by atoms with van der Waals surface area (Å²) in [7, 11) is 2.09. The lowest BCUT2D eigenvalue weighted by molar-refractivity contribution is 0.456. The molecule has 1 aromatic rings. The number of nitrogens with zero attached hydrogens (tertiary/aromatic N) is 2. The Labute approximate surface area is 94.8 Å². The first-order valence-electron chi connectivity index (χ1n) is 5.64. The van der Waals surface area contributed by atoms with Gasteiger partial charge in [-0.3, -0.25) is 0 Å². The molecule has 1 aliphatic rings. The Bertz CT molecular complexity index is 305. The number of aromatic hydroxyl groups is 1. The van der Waals surface area contributed by atoms with Gasteiger partial charge in [-0.05, 0) is 12.8 Å². The van der Waals surface area contributed by atoms with Crippen molar-refractivity contribution in [2.24, 2.45) is 0 Å². The van der Waals surface area contributed by atoms with Gasteiger partial charge in [0.1, 0.15) is 0 Å². The van der Waals surface area contributed by atoms with E-state index in [2.05, 4.69) is 16.9 Å². The van der Waals surface area contributed by atoms with Crippen LogP contribution in [0.15, 0.2) is 5.38 Å². The molecule has 0 spiro atoms. The Morgan fingerprint density at radius 3 is 2.53 bits per heavy atom. The van der Waals surface area contributed by atoms with E-state index >= 15 is 0 Å². The van der Waals surface area contributed by atoms with Crippen LogP contribution in [0.1, 0.15) is 38.5 Å². The summed E-state index contributed by atoms with van der Waals surface area (Å²) in [5.74, 6) is 0.149. The number of anilines is 1. The molecular weight excluding hydrogens is 208 g/mol. The fourth-order valence-electron chi connectivity index (χ4n) is 2.22. The first-order valence-corrected chi connectivity index (χ1v) is 6.52. The molecule has 0 bridgehead atoms. The highest BCUT2D eigenvalue weighted by Crippen LogP contribution is 2.29. The van der Waals surface area contributed by atoms with Gasteiger partial charge in [-0.25, -0.2) is 0 Å². The van der Waals surface area contributed by atoms with E-state index in [1.165, 1.54) is 49.9 Å². The third kappa shape index (κ3) is 2.62. The van der Waals surface area contributed by atoms with Crippen LogP contribution in [0.5, 0.6) is 5.88 Å². The quantitative estimate of drug-likeness (QED) is 0.787. The second-order valence-electron chi connectivity index (χ2n) is 4.24. The third-order valence-electron chi connectivity index (χ3n) is 3.15. The fraction of sp³-hybridized carbons (Fsp3) is 0.727. The van der Waals surface area contributed by atoms with Gasteiger partial charge in [0, 0.05) is 13.1 Å². The number of thiazole rings is 1. The molecule has 2 rings (SSSR count). The molecule has 0 atom stereocenters. The molecule has 0 unspecified atom stereocenters. The van der Waals surface area contributed by atoms with Crippen LogP contribution in [0.3, 0.4) is 0 Å². The van der Waals surface area contributed by atoms with Gasteiger partial charge in [0.2, 0.25) is 5.88 Å². The van der Waals surface area contributed by atoms with Gasteiger partial charge in [0.25, 0.3) is 0 Å². The monoisotopic (exact) mass is 226 g/mol. The summed E-state index contributed by atoms with van der Waals surface area (Å²) in [4.78, 5) is 6.35. The Balaban J connectivity index is 2.02. The molecule has 1 aromatic heterocycles. The molecule has 15 heavy (non-hydrogen) atoms. The number of hydrogen-bond donors (Lipinski definition) is 1. The molecule has 0 amide bonds. The van der Waals surface area contributed by atoms with Crippen molar-refractivity contribution in [3.05, 3.63) is 5.38 Å². The molecule has 3 nitrogen and oxygen atoms in total. The lowest BCUT2D eigenvalue weighted by Gasteiger charge is -2.26. The Hall–Kier alpha value is -0.770. The number of rotatable bonds is 2. The maximum atomic E-state index is 9.23. The Morgan fingerprint density at radius 1 is 1.33 bits per heavy atom. The summed E-state index contributed by atoms with van der Waals surface area (Å²) in [6.07, 6.45) is 7.91. The van der Waals surface area contributed by atoms with Gasteiger partial charge in [0.05, 0.1) is 5.38 Å². The molecule has 1 heterocycles. The molecule has 1 fully saturated rings. The maximum absolute atomic E-state index is 9.23. The van der Waals surface area contributed by atoms with Gasteiger partial charge >= 0.3 is 0 Å². The zero-order chi connectivity index (χ0) is 10.7. The van der Waals surface area contributed by atoms with Gasteiger partial charge < -0.3 is 10.0 Å². The van der Waals surface area contributed by atoms with Crippen molar-refractivity contribution < 1.29 is 5.11 Å². The smallest absolute Gasteiger partial charge is 0.223 e. The van der Waals surface area contributed by atoms with E-state index in [0.29, 0.717) is 6.04 Å². The van der Waals surface area contributed by atoms with Crippen molar-refractivity contribution in [3.63, 3.8) is 0 Å². The summed E-state index contributed by atoms with van der Waals surface area (Å²) in [5, 5.41) is 11.9. The number of aromatic nitrogens is 1. The minimum absolute atomic E-state index is 0.149. The van der Waals surface area contributed by atoms with Crippen molar-refractivity contribution >= 4 is 16.5 Å². The van der Waals surface area contributed by atoms with Crippen molar-refractivity contribution in [1.82, 2.24) is 4.98 Å². The average Bonchev–Trinajstić information content (AvgIpc) is 2.53. The zero-order valence-corrected chi connectivity index (χ0v) is 9.96. The fourth-order valence-corrected chi connectivity index (χ4v) is 2.94. The normalized spacial score (nSPS) is 18.7. The van der Waals surface area contributed by atoms with Crippen LogP contribution in [-0.4, -0.2) is 23.2 Å². The lowest BCUT2D eigenvalue weighted by Crippen LogP contribution is -2.30. The molecular formula is C11H18N2OS. The summed E-state index contributed by atoms with van der Waals surface area (Å²) in [6.45, 7) is 0. The molecule has 1 N–H and O–H groups in total. The highest BCUT2D eigenvalue weighted by atomic mass is 32.1. The summed E-state index contributed by atoms with van der Waals surface area (Å²) in [5.41, 5.74) is 0. The van der Waals surface area contributed by atoms with Gasteiger partial charge in [-0.15, -0.1) is 11.3 Å². The molecule has 0 radical (unpaired) electrons. The van der Waals surface area contributed by atoms with Crippen molar-refractivity contribution in [3.8, 4) is 5.88 Å². The van der Waals surface area contributed by atoms with E-state index < -0.39 is 0 Å². The minimum Gasteiger partial charge on any atom is -0.493 e. The first-order chi connectivity index (χ1) is 7.27. The van der Waals surface area contributed by atoms with E-state index in [1.54, 1.807) is 5.38 Å².